The predicted octanol–water partition coefficient (Wildman–Crippen LogP) is 4.48. The van der Waals surface area contributed by atoms with Gasteiger partial charge in [-0.2, -0.15) is 4.98 Å². The summed E-state index contributed by atoms with van der Waals surface area (Å²) in [7, 11) is 1.55. The summed E-state index contributed by atoms with van der Waals surface area (Å²) in [6.45, 7) is 3.58. The molecule has 0 aliphatic carbocycles. The summed E-state index contributed by atoms with van der Waals surface area (Å²) in [5.74, 6) is -0.382. The third kappa shape index (κ3) is 5.31. The van der Waals surface area contributed by atoms with Crippen LogP contribution in [0.2, 0.25) is 0 Å². The molecular weight excluding hydrogens is 418 g/mol. The van der Waals surface area contributed by atoms with Gasteiger partial charge in [-0.1, -0.05) is 55.0 Å². The molecule has 7 heteroatoms. The Morgan fingerprint density at radius 1 is 1.12 bits per heavy atom. The fourth-order valence-electron chi connectivity index (χ4n) is 4.32. The molecular formula is C26H29N3O4. The van der Waals surface area contributed by atoms with Crippen LogP contribution in [0.4, 0.5) is 0 Å². The number of ether oxygens (including phenoxy) is 2. The molecule has 0 saturated carbocycles. The molecule has 172 valence electrons. The lowest BCUT2D eigenvalue weighted by Gasteiger charge is -2.32. The number of aromatic nitrogens is 2. The maximum atomic E-state index is 11.6. The number of piperidine rings is 1. The van der Waals surface area contributed by atoms with Crippen LogP contribution in [-0.4, -0.2) is 45.6 Å². The Kier molecular flexibility index (Phi) is 7.19. The van der Waals surface area contributed by atoms with Gasteiger partial charge in [0.05, 0.1) is 7.11 Å². The highest BCUT2D eigenvalue weighted by atomic mass is 16.5. The van der Waals surface area contributed by atoms with Crippen molar-refractivity contribution in [1.82, 2.24) is 14.9 Å². The van der Waals surface area contributed by atoms with E-state index in [0.717, 1.165) is 41.6 Å². The SMILES string of the molecule is COc1nc(OCc2cccc(-c3ccccc3)c2C)ncc1CN1CCCC[C@H]1C(=O)O. The lowest BCUT2D eigenvalue weighted by molar-refractivity contribution is -0.144. The number of aliphatic carboxylic acids is 1. The molecule has 4 rings (SSSR count). The predicted molar refractivity (Wildman–Crippen MR) is 125 cm³/mol. The Bertz CT molecular complexity index is 1100. The molecule has 1 fully saturated rings. The zero-order valence-electron chi connectivity index (χ0n) is 19.0. The van der Waals surface area contributed by atoms with Gasteiger partial charge in [0, 0.05) is 18.3 Å². The average molecular weight is 448 g/mol. The van der Waals surface area contributed by atoms with E-state index in [9.17, 15) is 9.90 Å². The summed E-state index contributed by atoms with van der Waals surface area (Å²) >= 11 is 0. The number of likely N-dealkylation sites (tertiary alicyclic amines) is 1. The lowest BCUT2D eigenvalue weighted by Crippen LogP contribution is -2.44. The number of carbonyl (C=O) groups is 1. The van der Waals surface area contributed by atoms with Crippen LogP contribution in [0.25, 0.3) is 11.1 Å². The normalized spacial score (nSPS) is 16.4. The minimum Gasteiger partial charge on any atom is -0.481 e. The second kappa shape index (κ2) is 10.4. The summed E-state index contributed by atoms with van der Waals surface area (Å²) < 4.78 is 11.4. The van der Waals surface area contributed by atoms with Gasteiger partial charge in [-0.05, 0) is 48.6 Å². The first-order valence-corrected chi connectivity index (χ1v) is 11.2. The smallest absolute Gasteiger partial charge is 0.320 e. The minimum absolute atomic E-state index is 0.230. The summed E-state index contributed by atoms with van der Waals surface area (Å²) in [5, 5.41) is 9.53. The number of methoxy groups -OCH3 is 1. The van der Waals surface area contributed by atoms with E-state index in [1.165, 1.54) is 5.56 Å². The summed E-state index contributed by atoms with van der Waals surface area (Å²) in [5.41, 5.74) is 5.29. The van der Waals surface area contributed by atoms with Gasteiger partial charge in [-0.25, -0.2) is 4.98 Å². The van der Waals surface area contributed by atoms with Crippen LogP contribution in [0.15, 0.2) is 54.7 Å². The monoisotopic (exact) mass is 447 g/mol. The molecule has 0 unspecified atom stereocenters. The zero-order valence-corrected chi connectivity index (χ0v) is 19.0. The van der Waals surface area contributed by atoms with Crippen molar-refractivity contribution in [2.75, 3.05) is 13.7 Å². The van der Waals surface area contributed by atoms with Crippen LogP contribution in [0.3, 0.4) is 0 Å². The Hall–Kier alpha value is -3.45. The van der Waals surface area contributed by atoms with Gasteiger partial charge in [0.15, 0.2) is 0 Å². The quantitative estimate of drug-likeness (QED) is 0.545. The Labute approximate surface area is 194 Å². The molecule has 33 heavy (non-hydrogen) atoms. The van der Waals surface area contributed by atoms with Crippen LogP contribution in [0.5, 0.6) is 11.9 Å². The third-order valence-electron chi connectivity index (χ3n) is 6.16. The maximum Gasteiger partial charge on any atom is 0.320 e. The summed E-state index contributed by atoms with van der Waals surface area (Å²) in [6, 6.07) is 16.2. The molecule has 0 bridgehead atoms. The van der Waals surface area contributed by atoms with Gasteiger partial charge < -0.3 is 14.6 Å². The van der Waals surface area contributed by atoms with Gasteiger partial charge in [0.1, 0.15) is 12.6 Å². The van der Waals surface area contributed by atoms with E-state index in [2.05, 4.69) is 35.1 Å². The van der Waals surface area contributed by atoms with E-state index in [1.807, 2.05) is 35.2 Å². The van der Waals surface area contributed by atoms with Crippen molar-refractivity contribution >= 4 is 5.97 Å². The van der Waals surface area contributed by atoms with Crippen molar-refractivity contribution < 1.29 is 19.4 Å². The highest BCUT2D eigenvalue weighted by Gasteiger charge is 2.29. The molecule has 0 amide bonds. The van der Waals surface area contributed by atoms with E-state index in [0.29, 0.717) is 25.5 Å². The third-order valence-corrected chi connectivity index (χ3v) is 6.16. The summed E-state index contributed by atoms with van der Waals surface area (Å²) in [6.07, 6.45) is 4.23. The van der Waals surface area contributed by atoms with Crippen LogP contribution < -0.4 is 9.47 Å². The van der Waals surface area contributed by atoms with Crippen molar-refractivity contribution in [3.63, 3.8) is 0 Å². The fraction of sp³-hybridized carbons (Fsp3) is 0.346. The number of benzene rings is 2. The Morgan fingerprint density at radius 3 is 2.70 bits per heavy atom. The second-order valence-electron chi connectivity index (χ2n) is 8.25. The number of carboxylic acids is 1. The summed E-state index contributed by atoms with van der Waals surface area (Å²) in [4.78, 5) is 22.3. The van der Waals surface area contributed by atoms with Crippen LogP contribution in [0.1, 0.15) is 36.0 Å². The molecule has 3 aromatic rings. The molecule has 1 atom stereocenters. The molecule has 0 radical (unpaired) electrons. The highest BCUT2D eigenvalue weighted by Crippen LogP contribution is 2.27. The minimum atomic E-state index is -0.789. The van der Waals surface area contributed by atoms with Crippen molar-refractivity contribution in [2.24, 2.45) is 0 Å². The van der Waals surface area contributed by atoms with Crippen molar-refractivity contribution in [2.45, 2.75) is 45.4 Å². The number of hydrogen-bond acceptors (Lipinski definition) is 6. The maximum absolute atomic E-state index is 11.6. The number of rotatable bonds is 8. The molecule has 1 aliphatic heterocycles. The van der Waals surface area contributed by atoms with Crippen molar-refractivity contribution in [1.29, 1.82) is 0 Å². The molecule has 1 saturated heterocycles. The van der Waals surface area contributed by atoms with Crippen LogP contribution in [0, 0.1) is 6.92 Å². The Morgan fingerprint density at radius 2 is 1.94 bits per heavy atom. The first-order chi connectivity index (χ1) is 16.1. The van der Waals surface area contributed by atoms with Crippen LogP contribution in [-0.2, 0) is 17.9 Å². The molecule has 0 spiro atoms. The largest absolute Gasteiger partial charge is 0.481 e. The molecule has 2 aromatic carbocycles. The molecule has 1 N–H and O–H groups in total. The standard InChI is InChI=1S/C26H29N3O4/c1-18-20(11-8-12-22(18)19-9-4-3-5-10-19)17-33-26-27-15-21(24(28-26)32-2)16-29-14-7-6-13-23(29)25(30)31/h3-5,8-12,15,23H,6-7,13-14,16-17H2,1-2H3,(H,30,31)/t23-/m0/s1. The zero-order chi connectivity index (χ0) is 23.2. The first-order valence-electron chi connectivity index (χ1n) is 11.2. The topological polar surface area (TPSA) is 84.8 Å². The van der Waals surface area contributed by atoms with E-state index in [4.69, 9.17) is 9.47 Å². The number of hydrogen-bond donors (Lipinski definition) is 1. The van der Waals surface area contributed by atoms with Crippen molar-refractivity contribution in [3.8, 4) is 23.0 Å². The highest BCUT2D eigenvalue weighted by molar-refractivity contribution is 5.73. The van der Waals surface area contributed by atoms with E-state index >= 15 is 0 Å². The molecule has 1 aromatic heterocycles. The lowest BCUT2D eigenvalue weighted by atomic mass is 9.97. The van der Waals surface area contributed by atoms with Gasteiger partial charge in [-0.15, -0.1) is 0 Å². The van der Waals surface area contributed by atoms with Gasteiger partial charge in [0.25, 0.3) is 0 Å². The Balaban J connectivity index is 1.47. The molecule has 7 nitrogen and oxygen atoms in total. The molecule has 2 heterocycles. The van der Waals surface area contributed by atoms with Gasteiger partial charge in [0.2, 0.25) is 5.88 Å². The average Bonchev–Trinajstić information content (AvgIpc) is 2.85. The number of nitrogens with zero attached hydrogens (tertiary/aromatic N) is 3. The van der Waals surface area contributed by atoms with E-state index in [1.54, 1.807) is 13.3 Å². The van der Waals surface area contributed by atoms with E-state index < -0.39 is 12.0 Å². The van der Waals surface area contributed by atoms with Crippen LogP contribution >= 0.6 is 0 Å². The fourth-order valence-corrected chi connectivity index (χ4v) is 4.32. The van der Waals surface area contributed by atoms with Crippen molar-refractivity contribution in [3.05, 3.63) is 71.4 Å². The second-order valence-corrected chi connectivity index (χ2v) is 8.25. The van der Waals surface area contributed by atoms with E-state index in [-0.39, 0.29) is 6.01 Å². The van der Waals surface area contributed by atoms with Gasteiger partial charge in [-0.3, -0.25) is 9.69 Å². The molecule has 1 aliphatic rings. The van der Waals surface area contributed by atoms with Gasteiger partial charge >= 0.3 is 12.0 Å². The number of carboxylic acid groups (broad SMARTS) is 1. The first kappa shape index (κ1) is 22.7.